The van der Waals surface area contributed by atoms with Crippen molar-refractivity contribution in [1.29, 1.82) is 0 Å². The van der Waals surface area contributed by atoms with E-state index < -0.39 is 0 Å². The van der Waals surface area contributed by atoms with E-state index in [1.165, 1.54) is 16.7 Å². The summed E-state index contributed by atoms with van der Waals surface area (Å²) < 4.78 is 11.0. The van der Waals surface area contributed by atoms with Gasteiger partial charge in [0.15, 0.2) is 0 Å². The molecular weight excluding hydrogens is 164 g/mol. The van der Waals surface area contributed by atoms with Crippen LogP contribution < -0.4 is 0 Å². The maximum atomic E-state index is 5.52. The summed E-state index contributed by atoms with van der Waals surface area (Å²) in [6.07, 6.45) is 2.37. The molecule has 2 saturated heterocycles. The summed E-state index contributed by atoms with van der Waals surface area (Å²) in [4.78, 5) is 0. The molecule has 0 aromatic rings. The van der Waals surface area contributed by atoms with Gasteiger partial charge in [0, 0.05) is 5.92 Å². The maximum absolute atomic E-state index is 5.52. The number of ether oxygens (including phenoxy) is 2. The highest BCUT2D eigenvalue weighted by atomic mass is 16.5. The van der Waals surface area contributed by atoms with Gasteiger partial charge in [-0.05, 0) is 22.6 Å². The normalized spacial score (nSPS) is 37.5. The predicted octanol–water partition coefficient (Wildman–Crippen LogP) is 1.54. The number of allylic oxidation sites excluding steroid dienone is 1. The molecule has 1 aliphatic carbocycles. The molecule has 0 saturated carbocycles. The van der Waals surface area contributed by atoms with Gasteiger partial charge in [-0.3, -0.25) is 0 Å². The average Bonchev–Trinajstić information content (AvgIpc) is 2.66. The second-order valence-corrected chi connectivity index (χ2v) is 4.17. The van der Waals surface area contributed by atoms with E-state index in [0.29, 0.717) is 11.8 Å². The minimum absolute atomic E-state index is 0.637. The van der Waals surface area contributed by atoms with Crippen molar-refractivity contribution in [3.63, 3.8) is 0 Å². The minimum Gasteiger partial charge on any atom is -0.376 e. The predicted molar refractivity (Wildman–Crippen MR) is 49.4 cm³/mol. The van der Waals surface area contributed by atoms with Crippen LogP contribution >= 0.6 is 0 Å². The van der Waals surface area contributed by atoms with Gasteiger partial charge in [-0.15, -0.1) is 0 Å². The lowest BCUT2D eigenvalue weighted by Gasteiger charge is -2.23. The van der Waals surface area contributed by atoms with E-state index in [1.807, 2.05) is 0 Å². The minimum atomic E-state index is 0.637. The van der Waals surface area contributed by atoms with E-state index in [2.05, 4.69) is 13.0 Å². The first kappa shape index (κ1) is 7.77. The first-order chi connectivity index (χ1) is 6.36. The number of fused-ring (bicyclic) bond motifs is 2. The molecule has 0 radical (unpaired) electrons. The molecule has 3 aliphatic rings. The molecule has 0 unspecified atom stereocenters. The molecule has 0 spiro atoms. The number of rotatable bonds is 0. The summed E-state index contributed by atoms with van der Waals surface area (Å²) in [5.74, 6) is 1.28. The van der Waals surface area contributed by atoms with Gasteiger partial charge in [-0.2, -0.15) is 0 Å². The highest BCUT2D eigenvalue weighted by molar-refractivity contribution is 5.45. The van der Waals surface area contributed by atoms with Crippen LogP contribution in [0.15, 0.2) is 22.8 Å². The molecule has 0 amide bonds. The van der Waals surface area contributed by atoms with E-state index in [4.69, 9.17) is 9.47 Å². The molecule has 0 aromatic heterocycles. The fraction of sp³-hybridized carbons (Fsp3) is 0.636. The van der Waals surface area contributed by atoms with Crippen LogP contribution in [0.4, 0.5) is 0 Å². The Balaban J connectivity index is 2.08. The van der Waals surface area contributed by atoms with Gasteiger partial charge >= 0.3 is 0 Å². The third-order valence-corrected chi connectivity index (χ3v) is 3.38. The van der Waals surface area contributed by atoms with Gasteiger partial charge in [0.05, 0.1) is 26.4 Å². The molecule has 2 heteroatoms. The Morgan fingerprint density at radius 3 is 3.08 bits per heavy atom. The molecule has 70 valence electrons. The van der Waals surface area contributed by atoms with Gasteiger partial charge in [0.25, 0.3) is 0 Å². The van der Waals surface area contributed by atoms with Crippen LogP contribution in [0, 0.1) is 11.8 Å². The second-order valence-electron chi connectivity index (χ2n) is 4.17. The molecule has 2 nitrogen and oxygen atoms in total. The van der Waals surface area contributed by atoms with Crippen LogP contribution in [0.2, 0.25) is 0 Å². The topological polar surface area (TPSA) is 18.5 Å². The quantitative estimate of drug-likeness (QED) is 0.560. The van der Waals surface area contributed by atoms with Crippen molar-refractivity contribution >= 4 is 0 Å². The number of hydrogen-bond donors (Lipinski definition) is 0. The lowest BCUT2D eigenvalue weighted by Crippen LogP contribution is -2.18. The highest BCUT2D eigenvalue weighted by Crippen LogP contribution is 2.39. The molecular formula is C11H14O2. The van der Waals surface area contributed by atoms with E-state index in [1.54, 1.807) is 0 Å². The van der Waals surface area contributed by atoms with Crippen LogP contribution in [-0.2, 0) is 9.47 Å². The molecule has 0 bridgehead atoms. The highest BCUT2D eigenvalue weighted by Gasteiger charge is 2.35. The standard InChI is InChI=1S/C11H14O2/c1-7-2-8-3-12-5-10(8)11-6-13-4-9(7)11/h2,7,9H,3-6H2,1H3/t7-,9+/m0/s1. The van der Waals surface area contributed by atoms with Crippen LogP contribution in [0.3, 0.4) is 0 Å². The van der Waals surface area contributed by atoms with Crippen LogP contribution in [0.1, 0.15) is 6.92 Å². The zero-order valence-electron chi connectivity index (χ0n) is 7.88. The van der Waals surface area contributed by atoms with Gasteiger partial charge in [-0.1, -0.05) is 13.0 Å². The molecule has 0 N–H and O–H groups in total. The van der Waals surface area contributed by atoms with E-state index >= 15 is 0 Å². The van der Waals surface area contributed by atoms with Crippen LogP contribution in [-0.4, -0.2) is 26.4 Å². The summed E-state index contributed by atoms with van der Waals surface area (Å²) in [6.45, 7) is 5.65. The zero-order valence-corrected chi connectivity index (χ0v) is 7.88. The van der Waals surface area contributed by atoms with Crippen molar-refractivity contribution in [2.75, 3.05) is 26.4 Å². The summed E-state index contributed by atoms with van der Waals surface area (Å²) in [5, 5.41) is 0. The molecule has 2 heterocycles. The van der Waals surface area contributed by atoms with Crippen LogP contribution in [0.5, 0.6) is 0 Å². The fourth-order valence-electron chi connectivity index (χ4n) is 2.61. The van der Waals surface area contributed by atoms with E-state index in [-0.39, 0.29) is 0 Å². The first-order valence-electron chi connectivity index (χ1n) is 4.94. The molecule has 2 fully saturated rings. The van der Waals surface area contributed by atoms with Gasteiger partial charge in [-0.25, -0.2) is 0 Å². The second kappa shape index (κ2) is 2.69. The third-order valence-electron chi connectivity index (χ3n) is 3.38. The molecule has 2 atom stereocenters. The number of hydrogen-bond acceptors (Lipinski definition) is 2. The van der Waals surface area contributed by atoms with Crippen molar-refractivity contribution in [2.45, 2.75) is 6.92 Å². The molecule has 13 heavy (non-hydrogen) atoms. The van der Waals surface area contributed by atoms with Crippen molar-refractivity contribution in [3.8, 4) is 0 Å². The van der Waals surface area contributed by atoms with Gasteiger partial charge < -0.3 is 9.47 Å². The van der Waals surface area contributed by atoms with Gasteiger partial charge in [0.1, 0.15) is 0 Å². The fourth-order valence-corrected chi connectivity index (χ4v) is 2.61. The summed E-state index contributed by atoms with van der Waals surface area (Å²) in [7, 11) is 0. The van der Waals surface area contributed by atoms with E-state index in [9.17, 15) is 0 Å². The lowest BCUT2D eigenvalue weighted by atomic mass is 9.79. The molecule has 0 aromatic carbocycles. The van der Waals surface area contributed by atoms with Crippen molar-refractivity contribution in [3.05, 3.63) is 22.8 Å². The van der Waals surface area contributed by atoms with E-state index in [0.717, 1.165) is 26.4 Å². The maximum Gasteiger partial charge on any atom is 0.0725 e. The summed E-state index contributed by atoms with van der Waals surface area (Å²) >= 11 is 0. The molecule has 3 rings (SSSR count). The Morgan fingerprint density at radius 2 is 2.15 bits per heavy atom. The van der Waals surface area contributed by atoms with Gasteiger partial charge in [0.2, 0.25) is 0 Å². The summed E-state index contributed by atoms with van der Waals surface area (Å²) in [5.41, 5.74) is 4.38. The Hall–Kier alpha value is -0.600. The third kappa shape index (κ3) is 1.02. The smallest absolute Gasteiger partial charge is 0.0725 e. The lowest BCUT2D eigenvalue weighted by molar-refractivity contribution is 0.180. The largest absolute Gasteiger partial charge is 0.376 e. The Morgan fingerprint density at radius 1 is 1.23 bits per heavy atom. The van der Waals surface area contributed by atoms with Crippen molar-refractivity contribution in [2.24, 2.45) is 11.8 Å². The Labute approximate surface area is 78.2 Å². The Kier molecular flexibility index (Phi) is 1.61. The monoisotopic (exact) mass is 178 g/mol. The van der Waals surface area contributed by atoms with Crippen molar-refractivity contribution in [1.82, 2.24) is 0 Å². The van der Waals surface area contributed by atoms with Crippen LogP contribution in [0.25, 0.3) is 0 Å². The molecule has 2 aliphatic heterocycles. The SMILES string of the molecule is C[C@H]1C=C2COCC2=C2COC[C@@H]21. The first-order valence-corrected chi connectivity index (χ1v) is 4.94. The zero-order chi connectivity index (χ0) is 8.84. The Bertz CT molecular complexity index is 301. The summed E-state index contributed by atoms with van der Waals surface area (Å²) in [6, 6.07) is 0. The van der Waals surface area contributed by atoms with Crippen molar-refractivity contribution < 1.29 is 9.47 Å². The average molecular weight is 178 g/mol.